The van der Waals surface area contributed by atoms with Crippen LogP contribution in [0, 0.1) is 0 Å². The van der Waals surface area contributed by atoms with Gasteiger partial charge in [0.05, 0.1) is 75.0 Å². The largest absolute Gasteiger partial charge is 0.450 e. The lowest BCUT2D eigenvalue weighted by molar-refractivity contribution is -0.341. The van der Waals surface area contributed by atoms with Crippen LogP contribution in [0.4, 0.5) is 0 Å². The second-order valence-corrected chi connectivity index (χ2v) is 16.4. The predicted octanol–water partition coefficient (Wildman–Crippen LogP) is 6.65. The summed E-state index contributed by atoms with van der Waals surface area (Å²) >= 11 is 0. The number of nitrogens with zero attached hydrogens (tertiary/aromatic N) is 12. The molecular weight excluding hydrogens is 913 g/mol. The first-order valence-electron chi connectivity index (χ1n) is 22.2. The van der Waals surface area contributed by atoms with E-state index in [1.54, 1.807) is 30.3 Å². The van der Waals surface area contributed by atoms with Crippen molar-refractivity contribution in [2.75, 3.05) is 13.2 Å². The van der Waals surface area contributed by atoms with Gasteiger partial charge in [0.25, 0.3) is 0 Å². The number of rotatable bonds is 21. The van der Waals surface area contributed by atoms with E-state index in [1.165, 1.54) is 0 Å². The second kappa shape index (κ2) is 25.7. The number of esters is 1. The molecule has 0 aromatic heterocycles. The van der Waals surface area contributed by atoms with E-state index in [4.69, 9.17) is 43.4 Å². The van der Waals surface area contributed by atoms with Gasteiger partial charge in [-0.1, -0.05) is 130 Å². The molecule has 0 radical (unpaired) electrons. The Hall–Kier alpha value is -6.81. The van der Waals surface area contributed by atoms with Gasteiger partial charge in [0.15, 0.2) is 18.7 Å². The summed E-state index contributed by atoms with van der Waals surface area (Å²) < 4.78 is 51.5. The Morgan fingerprint density at radius 1 is 0.557 bits per heavy atom. The number of benzene rings is 4. The minimum atomic E-state index is -1.92. The molecule has 24 heteroatoms. The molecule has 24 nitrogen and oxygen atoms in total. The summed E-state index contributed by atoms with van der Waals surface area (Å²) in [6, 6.07) is 31.8. The summed E-state index contributed by atoms with van der Waals surface area (Å²) in [4.78, 5) is 25.5. The van der Waals surface area contributed by atoms with Crippen LogP contribution in [0.5, 0.6) is 0 Å². The molecule has 3 fully saturated rings. The third kappa shape index (κ3) is 13.1. The molecule has 70 heavy (non-hydrogen) atoms. The van der Waals surface area contributed by atoms with E-state index in [2.05, 4.69) is 40.1 Å². The lowest BCUT2D eigenvalue weighted by atomic mass is 9.84. The fourth-order valence-electron chi connectivity index (χ4n) is 8.45. The fourth-order valence-corrected chi connectivity index (χ4v) is 8.45. The maximum Gasteiger partial charge on any atom is 0.338 e. The summed E-state index contributed by atoms with van der Waals surface area (Å²) in [6.45, 7) is -0.393. The summed E-state index contributed by atoms with van der Waals surface area (Å²) in [7, 11) is 0. The number of carbonyl (C=O) groups is 1. The van der Waals surface area contributed by atoms with Crippen LogP contribution >= 0.6 is 0 Å². The Morgan fingerprint density at radius 2 is 1.06 bits per heavy atom. The lowest BCUT2D eigenvalue weighted by Gasteiger charge is -2.49. The fraction of sp³-hybridized carbons (Fsp3) is 0.457. The van der Waals surface area contributed by atoms with E-state index >= 15 is 0 Å². The number of azide groups is 4. The van der Waals surface area contributed by atoms with Gasteiger partial charge in [-0.2, -0.15) is 0 Å². The first-order chi connectivity index (χ1) is 34.2. The van der Waals surface area contributed by atoms with Crippen LogP contribution in [0.25, 0.3) is 41.8 Å². The molecule has 366 valence electrons. The van der Waals surface area contributed by atoms with Crippen LogP contribution in [0.15, 0.2) is 142 Å². The molecule has 0 unspecified atom stereocenters. The molecule has 0 amide bonds. The van der Waals surface area contributed by atoms with Crippen molar-refractivity contribution >= 4 is 5.97 Å². The van der Waals surface area contributed by atoms with Crippen molar-refractivity contribution in [3.63, 3.8) is 0 Å². The molecule has 4 aromatic rings. The van der Waals surface area contributed by atoms with E-state index in [1.807, 2.05) is 91.0 Å². The van der Waals surface area contributed by atoms with Crippen molar-refractivity contribution in [1.29, 1.82) is 0 Å². The second-order valence-electron chi connectivity index (χ2n) is 16.4. The zero-order chi connectivity index (χ0) is 49.2. The Morgan fingerprint density at radius 3 is 1.60 bits per heavy atom. The number of carbonyl (C=O) groups excluding carboxylic acids is 1. The Bertz CT molecular complexity index is 2480. The van der Waals surface area contributed by atoms with Crippen LogP contribution in [0.1, 0.15) is 33.5 Å². The normalized spacial score (nSPS) is 30.5. The van der Waals surface area contributed by atoms with Gasteiger partial charge in [0, 0.05) is 19.6 Å². The molecular formula is C46H50N12O12. The molecule has 4 aromatic carbocycles. The van der Waals surface area contributed by atoms with Crippen molar-refractivity contribution in [2.45, 2.75) is 118 Å². The number of aliphatic hydroxyl groups excluding tert-OH is 3. The van der Waals surface area contributed by atoms with Gasteiger partial charge in [0.1, 0.15) is 36.6 Å². The van der Waals surface area contributed by atoms with Crippen molar-refractivity contribution < 1.29 is 58.0 Å². The molecule has 3 aliphatic rings. The molecule has 3 N–H and O–H groups in total. The van der Waals surface area contributed by atoms with Crippen LogP contribution in [-0.2, 0) is 57.7 Å². The molecule has 1 aliphatic carbocycles. The van der Waals surface area contributed by atoms with E-state index in [0.717, 1.165) is 16.7 Å². The highest BCUT2D eigenvalue weighted by Crippen LogP contribution is 2.38. The summed E-state index contributed by atoms with van der Waals surface area (Å²) in [5.74, 6) is -0.799. The topological polar surface area (TPSA) is 347 Å². The summed E-state index contributed by atoms with van der Waals surface area (Å²) in [5.41, 5.74) is 40.5. The van der Waals surface area contributed by atoms with Crippen molar-refractivity contribution in [1.82, 2.24) is 0 Å². The van der Waals surface area contributed by atoms with E-state index in [9.17, 15) is 36.7 Å². The molecule has 2 saturated heterocycles. The first-order valence-corrected chi connectivity index (χ1v) is 22.2. The van der Waals surface area contributed by atoms with Crippen molar-refractivity contribution in [3.8, 4) is 0 Å². The van der Waals surface area contributed by atoms with Gasteiger partial charge in [-0.3, -0.25) is 0 Å². The molecule has 2 heterocycles. The number of aliphatic hydroxyl groups is 3. The van der Waals surface area contributed by atoms with Gasteiger partial charge in [-0.25, -0.2) is 4.79 Å². The number of ether oxygens (including phenoxy) is 8. The highest BCUT2D eigenvalue weighted by molar-refractivity contribution is 5.89. The van der Waals surface area contributed by atoms with Gasteiger partial charge >= 0.3 is 5.97 Å². The Labute approximate surface area is 400 Å². The van der Waals surface area contributed by atoms with Gasteiger partial charge in [-0.05, 0) is 57.4 Å². The SMILES string of the molecule is [N-]=[N+]=NC[C@H]1O[C@H](O[C@H]2[C@H](O)[C@@H](O[C@@H]3O[C@H](COCc4ccccc4)[C@@H](OCc4ccccc4)[C@H](OCc4ccccc4)[C@H]3OC(=O)c3ccccc3)[C@H](N=[N+]=[N-])C[C@@H]2N=[N+]=[N-])[C@H](N=[N+]=[N-])[C@@H](O)[C@@H]1O. The highest BCUT2D eigenvalue weighted by atomic mass is 16.7. The van der Waals surface area contributed by atoms with Gasteiger partial charge in [0.2, 0.25) is 0 Å². The average Bonchev–Trinajstić information content (AvgIpc) is 3.38. The van der Waals surface area contributed by atoms with Crippen molar-refractivity contribution in [3.05, 3.63) is 185 Å². The summed E-state index contributed by atoms with van der Waals surface area (Å²) in [5, 5.41) is 48.9. The number of hydrogen-bond acceptors (Lipinski definition) is 16. The zero-order valence-electron chi connectivity index (χ0n) is 37.3. The molecule has 7 rings (SSSR count). The van der Waals surface area contributed by atoms with Crippen LogP contribution in [-0.4, -0.2) is 126 Å². The van der Waals surface area contributed by atoms with Gasteiger partial charge in [-0.15, -0.1) is 0 Å². The lowest BCUT2D eigenvalue weighted by Crippen LogP contribution is -2.66. The molecule has 0 bridgehead atoms. The third-order valence-corrected chi connectivity index (χ3v) is 11.9. The zero-order valence-corrected chi connectivity index (χ0v) is 37.3. The highest BCUT2D eigenvalue weighted by Gasteiger charge is 2.55. The average molecular weight is 963 g/mol. The maximum atomic E-state index is 14.2. The minimum absolute atomic E-state index is 0.00742. The minimum Gasteiger partial charge on any atom is -0.450 e. The first kappa shape index (κ1) is 51.1. The van der Waals surface area contributed by atoms with E-state index < -0.39 is 104 Å². The maximum absolute atomic E-state index is 14.2. The monoisotopic (exact) mass is 962 g/mol. The Kier molecular flexibility index (Phi) is 18.7. The predicted molar refractivity (Wildman–Crippen MR) is 244 cm³/mol. The standard InChI is InChI=1S/C46H50N12O12/c47-55-51-22-33-36(59)37(60)35(54-58-50)45(66-33)69-39-31(52-56-48)21-32(53-57-49)40(38(39)61)70-46-43(68-44(62)30-19-11-4-12-20-30)42(65-25-29-17-9-3-10-18-29)41(64-24-28-15-7-2-8-16-28)34(67-46)26-63-23-27-13-5-1-6-14-27/h1-20,31-43,45-46,59-61H,21-26H2/t31-,32+,33+,34+,35+,36+,37+,38-,39+,40-,41+,42-,43+,45+,46-/m0/s1. The third-order valence-electron chi connectivity index (χ3n) is 11.9. The smallest absolute Gasteiger partial charge is 0.338 e. The Balaban J connectivity index is 1.28. The number of hydrogen-bond donors (Lipinski definition) is 3. The molecule has 0 spiro atoms. The van der Waals surface area contributed by atoms with Crippen LogP contribution in [0.2, 0.25) is 0 Å². The summed E-state index contributed by atoms with van der Waals surface area (Å²) in [6.07, 6.45) is -18.6. The van der Waals surface area contributed by atoms with Crippen LogP contribution < -0.4 is 0 Å². The van der Waals surface area contributed by atoms with E-state index in [-0.39, 0.29) is 38.4 Å². The molecule has 1 saturated carbocycles. The quantitative estimate of drug-likeness (QED) is 0.0342. The van der Waals surface area contributed by atoms with E-state index in [0.29, 0.717) is 0 Å². The molecule has 15 atom stereocenters. The van der Waals surface area contributed by atoms with Gasteiger partial charge < -0.3 is 53.2 Å². The van der Waals surface area contributed by atoms with Crippen LogP contribution in [0.3, 0.4) is 0 Å². The molecule has 2 aliphatic heterocycles. The van der Waals surface area contributed by atoms with Crippen molar-refractivity contribution in [2.24, 2.45) is 20.5 Å².